The summed E-state index contributed by atoms with van der Waals surface area (Å²) in [4.78, 5) is 25.9. The van der Waals surface area contributed by atoms with Gasteiger partial charge in [0.1, 0.15) is 5.69 Å². The molecule has 0 radical (unpaired) electrons. The Bertz CT molecular complexity index is 1200. The molecule has 8 heteroatoms. The number of non-ortho nitro benzene ring substituents is 1. The quantitative estimate of drug-likeness (QED) is 0.328. The van der Waals surface area contributed by atoms with E-state index >= 15 is 0 Å². The van der Waals surface area contributed by atoms with Crippen LogP contribution in [0.15, 0.2) is 83.5 Å². The Kier molecular flexibility index (Phi) is 4.96. The van der Waals surface area contributed by atoms with E-state index in [1.54, 1.807) is 54.8 Å². The molecule has 0 fully saturated rings. The Morgan fingerprint density at radius 1 is 0.933 bits per heavy atom. The molecule has 0 spiro atoms. The van der Waals surface area contributed by atoms with Gasteiger partial charge >= 0.3 is 6.09 Å². The first kappa shape index (κ1) is 18.9. The highest BCUT2D eigenvalue weighted by Gasteiger charge is 2.12. The minimum absolute atomic E-state index is 0.00248. The van der Waals surface area contributed by atoms with Crippen molar-refractivity contribution in [3.8, 4) is 33.8 Å². The predicted octanol–water partition coefficient (Wildman–Crippen LogP) is 5.67. The molecule has 0 aliphatic heterocycles. The number of nitro benzene ring substituents is 1. The van der Waals surface area contributed by atoms with Crippen molar-refractivity contribution >= 4 is 17.5 Å². The number of nitrogens with one attached hydrogen (secondary N) is 1. The van der Waals surface area contributed by atoms with Gasteiger partial charge in [-0.25, -0.2) is 9.78 Å². The van der Waals surface area contributed by atoms with Gasteiger partial charge < -0.3 is 9.52 Å². The van der Waals surface area contributed by atoms with Crippen molar-refractivity contribution in [1.82, 2.24) is 4.98 Å². The molecule has 2 aromatic carbocycles. The monoisotopic (exact) mass is 401 g/mol. The van der Waals surface area contributed by atoms with Crippen LogP contribution < -0.4 is 5.32 Å². The third kappa shape index (κ3) is 4.02. The van der Waals surface area contributed by atoms with Crippen LogP contribution in [0.4, 0.5) is 16.2 Å². The average Bonchev–Trinajstić information content (AvgIpc) is 3.29. The molecule has 148 valence electrons. The summed E-state index contributed by atoms with van der Waals surface area (Å²) in [5.74, 6) is 0.587. The number of anilines is 1. The molecule has 4 aromatic rings. The summed E-state index contributed by atoms with van der Waals surface area (Å²) in [6, 6.07) is 20.4. The topological polar surface area (TPSA) is 118 Å². The Balaban J connectivity index is 1.78. The van der Waals surface area contributed by atoms with Gasteiger partial charge in [0.25, 0.3) is 5.69 Å². The summed E-state index contributed by atoms with van der Waals surface area (Å²) in [6.07, 6.45) is 0.425. The molecule has 8 nitrogen and oxygen atoms in total. The molecular weight excluding hydrogens is 386 g/mol. The third-order valence-corrected chi connectivity index (χ3v) is 4.44. The maximum absolute atomic E-state index is 10.9. The van der Waals surface area contributed by atoms with Crippen molar-refractivity contribution in [2.24, 2.45) is 0 Å². The molecule has 0 atom stereocenters. The Morgan fingerprint density at radius 3 is 2.20 bits per heavy atom. The summed E-state index contributed by atoms with van der Waals surface area (Å²) < 4.78 is 5.49. The molecule has 0 unspecified atom stereocenters. The molecular formula is C22H15N3O5. The van der Waals surface area contributed by atoms with Gasteiger partial charge in [-0.1, -0.05) is 12.1 Å². The SMILES string of the molecule is O=C(O)Nc1ccc(-c2cc(-c3ccc([N+](=O)[O-])cc3)nc(-c3ccco3)c2)cc1. The van der Waals surface area contributed by atoms with Crippen LogP contribution in [0, 0.1) is 10.1 Å². The Labute approximate surface area is 170 Å². The first-order valence-electron chi connectivity index (χ1n) is 8.91. The van der Waals surface area contributed by atoms with E-state index in [-0.39, 0.29) is 5.69 Å². The zero-order valence-electron chi connectivity index (χ0n) is 15.5. The van der Waals surface area contributed by atoms with Crippen molar-refractivity contribution in [1.29, 1.82) is 0 Å². The Morgan fingerprint density at radius 2 is 1.60 bits per heavy atom. The van der Waals surface area contributed by atoms with E-state index in [1.165, 1.54) is 12.1 Å². The first-order chi connectivity index (χ1) is 14.5. The van der Waals surface area contributed by atoms with Crippen molar-refractivity contribution in [3.05, 3.63) is 89.2 Å². The molecule has 0 aliphatic carbocycles. The number of carboxylic acid groups (broad SMARTS) is 1. The van der Waals surface area contributed by atoms with Gasteiger partial charge in [-0.05, 0) is 59.7 Å². The maximum Gasteiger partial charge on any atom is 0.409 e. The molecule has 0 aliphatic rings. The van der Waals surface area contributed by atoms with E-state index in [0.717, 1.165) is 16.7 Å². The van der Waals surface area contributed by atoms with E-state index < -0.39 is 11.0 Å². The lowest BCUT2D eigenvalue weighted by Gasteiger charge is -2.09. The van der Waals surface area contributed by atoms with Crippen LogP contribution in [0.1, 0.15) is 0 Å². The number of pyridine rings is 1. The highest BCUT2D eigenvalue weighted by Crippen LogP contribution is 2.31. The van der Waals surface area contributed by atoms with Gasteiger partial charge in [0.05, 0.1) is 16.9 Å². The number of hydrogen-bond acceptors (Lipinski definition) is 5. The molecule has 0 bridgehead atoms. The van der Waals surface area contributed by atoms with E-state index in [9.17, 15) is 14.9 Å². The summed E-state index contributed by atoms with van der Waals surface area (Å²) >= 11 is 0. The molecule has 2 aromatic heterocycles. The van der Waals surface area contributed by atoms with Crippen molar-refractivity contribution in [2.45, 2.75) is 0 Å². The molecule has 0 saturated heterocycles. The van der Waals surface area contributed by atoms with Crippen LogP contribution in [0.2, 0.25) is 0 Å². The van der Waals surface area contributed by atoms with Crippen LogP contribution in [0.25, 0.3) is 33.8 Å². The van der Waals surface area contributed by atoms with Crippen LogP contribution in [-0.2, 0) is 0 Å². The predicted molar refractivity (Wildman–Crippen MR) is 111 cm³/mol. The van der Waals surface area contributed by atoms with Crippen LogP contribution >= 0.6 is 0 Å². The van der Waals surface area contributed by atoms with E-state index in [0.29, 0.717) is 22.8 Å². The highest BCUT2D eigenvalue weighted by atomic mass is 16.6. The largest absolute Gasteiger partial charge is 0.465 e. The molecule has 4 rings (SSSR count). The minimum Gasteiger partial charge on any atom is -0.465 e. The number of amides is 1. The van der Waals surface area contributed by atoms with Gasteiger partial charge in [0.2, 0.25) is 0 Å². The lowest BCUT2D eigenvalue weighted by atomic mass is 10.0. The number of hydrogen-bond donors (Lipinski definition) is 2. The van der Waals surface area contributed by atoms with Crippen LogP contribution in [0.5, 0.6) is 0 Å². The maximum atomic E-state index is 10.9. The summed E-state index contributed by atoms with van der Waals surface area (Å²) in [6.45, 7) is 0. The standard InChI is InChI=1S/C22H15N3O5/c26-22(27)23-17-7-3-14(4-8-17)16-12-19(15-5-9-18(10-6-15)25(28)29)24-20(13-16)21-2-1-11-30-21/h1-13,23H,(H,26,27). The summed E-state index contributed by atoms with van der Waals surface area (Å²) in [5.41, 5.74) is 4.11. The third-order valence-electron chi connectivity index (χ3n) is 4.44. The van der Waals surface area contributed by atoms with E-state index in [4.69, 9.17) is 9.52 Å². The molecule has 30 heavy (non-hydrogen) atoms. The van der Waals surface area contributed by atoms with Gasteiger partial charge in [0, 0.05) is 23.4 Å². The van der Waals surface area contributed by atoms with Crippen molar-refractivity contribution in [3.63, 3.8) is 0 Å². The number of nitrogens with zero attached hydrogens (tertiary/aromatic N) is 2. The lowest BCUT2D eigenvalue weighted by Crippen LogP contribution is -2.06. The smallest absolute Gasteiger partial charge is 0.409 e. The first-order valence-corrected chi connectivity index (χ1v) is 8.91. The van der Waals surface area contributed by atoms with Crippen LogP contribution in [0.3, 0.4) is 0 Å². The average molecular weight is 401 g/mol. The zero-order valence-corrected chi connectivity index (χ0v) is 15.5. The summed E-state index contributed by atoms with van der Waals surface area (Å²) in [7, 11) is 0. The van der Waals surface area contributed by atoms with Crippen LogP contribution in [-0.4, -0.2) is 21.1 Å². The Hall–Kier alpha value is -4.46. The molecule has 2 N–H and O–H groups in total. The van der Waals surface area contributed by atoms with E-state index in [2.05, 4.69) is 10.3 Å². The van der Waals surface area contributed by atoms with Crippen molar-refractivity contribution in [2.75, 3.05) is 5.32 Å². The number of aromatic nitrogens is 1. The van der Waals surface area contributed by atoms with E-state index in [1.807, 2.05) is 12.1 Å². The van der Waals surface area contributed by atoms with Gasteiger partial charge in [-0.3, -0.25) is 15.4 Å². The van der Waals surface area contributed by atoms with Gasteiger partial charge in [-0.15, -0.1) is 0 Å². The lowest BCUT2D eigenvalue weighted by molar-refractivity contribution is -0.384. The summed E-state index contributed by atoms with van der Waals surface area (Å²) in [5, 5.41) is 22.1. The fourth-order valence-corrected chi connectivity index (χ4v) is 3.02. The minimum atomic E-state index is -1.13. The molecule has 1 amide bonds. The number of benzene rings is 2. The number of rotatable bonds is 5. The molecule has 2 heterocycles. The zero-order chi connectivity index (χ0) is 21.1. The normalized spacial score (nSPS) is 10.5. The van der Waals surface area contributed by atoms with Gasteiger partial charge in [-0.2, -0.15) is 0 Å². The second-order valence-corrected chi connectivity index (χ2v) is 6.42. The second-order valence-electron chi connectivity index (χ2n) is 6.42. The number of furan rings is 1. The fraction of sp³-hybridized carbons (Fsp3) is 0. The second kappa shape index (κ2) is 7.88. The number of nitro groups is 1. The van der Waals surface area contributed by atoms with Gasteiger partial charge in [0.15, 0.2) is 5.76 Å². The fourth-order valence-electron chi connectivity index (χ4n) is 3.02. The van der Waals surface area contributed by atoms with Crippen molar-refractivity contribution < 1.29 is 19.2 Å². The molecule has 0 saturated carbocycles. The highest BCUT2D eigenvalue weighted by molar-refractivity contribution is 5.84. The number of carbonyl (C=O) groups is 1.